The van der Waals surface area contributed by atoms with Gasteiger partial charge in [0.15, 0.2) is 23.1 Å². The Hall–Kier alpha value is -3.92. The molecule has 0 atom stereocenters. The van der Waals surface area contributed by atoms with E-state index in [1.165, 1.54) is 12.1 Å². The molecule has 1 aromatic heterocycles. The van der Waals surface area contributed by atoms with Crippen molar-refractivity contribution in [3.63, 3.8) is 0 Å². The van der Waals surface area contributed by atoms with Crippen molar-refractivity contribution in [1.82, 2.24) is 10.3 Å². The van der Waals surface area contributed by atoms with Crippen LogP contribution in [0.3, 0.4) is 0 Å². The minimum atomic E-state index is -1.67. The highest BCUT2D eigenvalue weighted by molar-refractivity contribution is 6.36. The molecule has 1 aliphatic heterocycles. The number of fused-ring (bicyclic) bond motifs is 1. The number of piperidine rings is 1. The number of nitrogens with one attached hydrogen (secondary N) is 2. The highest BCUT2D eigenvalue weighted by atomic mass is 19.1. The molecule has 0 bridgehead atoms. The predicted molar refractivity (Wildman–Crippen MR) is 122 cm³/mol. The van der Waals surface area contributed by atoms with Gasteiger partial charge in [-0.25, -0.2) is 9.18 Å². The van der Waals surface area contributed by atoms with Crippen molar-refractivity contribution < 1.29 is 33.3 Å². The molecule has 178 valence electrons. The van der Waals surface area contributed by atoms with E-state index in [-0.39, 0.29) is 11.4 Å². The Bertz CT molecular complexity index is 1210. The number of rotatable bonds is 7. The maximum absolute atomic E-state index is 14.6. The van der Waals surface area contributed by atoms with E-state index in [2.05, 4.69) is 15.6 Å². The first-order valence-electron chi connectivity index (χ1n) is 10.8. The monoisotopic (exact) mass is 469 g/mol. The zero-order valence-electron chi connectivity index (χ0n) is 18.5. The summed E-state index contributed by atoms with van der Waals surface area (Å²) in [6.07, 6.45) is 3.65. The van der Waals surface area contributed by atoms with Crippen LogP contribution in [-0.4, -0.2) is 48.8 Å². The topological polar surface area (TPSA) is 119 Å². The molecule has 1 aliphatic rings. The summed E-state index contributed by atoms with van der Waals surface area (Å²) in [5.74, 6) is -1.93. The van der Waals surface area contributed by atoms with Gasteiger partial charge in [-0.05, 0) is 56.1 Å². The second-order valence-corrected chi connectivity index (χ2v) is 7.84. The van der Waals surface area contributed by atoms with Gasteiger partial charge in [-0.1, -0.05) is 0 Å². The van der Waals surface area contributed by atoms with Crippen molar-refractivity contribution in [2.75, 3.05) is 32.1 Å². The molecule has 4 rings (SSSR count). The third-order valence-electron chi connectivity index (χ3n) is 5.52. The van der Waals surface area contributed by atoms with Gasteiger partial charge < -0.3 is 30.0 Å². The molecular formula is C24H24FN3O6. The Balaban J connectivity index is 1.56. The van der Waals surface area contributed by atoms with Gasteiger partial charge in [-0.15, -0.1) is 0 Å². The second kappa shape index (κ2) is 10.3. The molecule has 2 heterocycles. The number of nitrogens with zero attached hydrogens (tertiary/aromatic N) is 1. The summed E-state index contributed by atoms with van der Waals surface area (Å²) in [6, 6.07) is 8.71. The number of methoxy groups -OCH3 is 1. The third kappa shape index (κ3) is 5.34. The average Bonchev–Trinajstić information content (AvgIpc) is 2.84. The molecule has 1 fully saturated rings. The van der Waals surface area contributed by atoms with E-state index < -0.39 is 17.7 Å². The normalized spacial score (nSPS) is 13.9. The SMILES string of the molecule is COc1cc2c(Oc3ccc(NC(=O)C(=O)O)cc3F)ccnc2cc1OCC1CCNCC1. The molecule has 3 N–H and O–H groups in total. The van der Waals surface area contributed by atoms with E-state index in [9.17, 15) is 14.0 Å². The Morgan fingerprint density at radius 1 is 1.12 bits per heavy atom. The van der Waals surface area contributed by atoms with Crippen LogP contribution in [0.1, 0.15) is 12.8 Å². The highest BCUT2D eigenvalue weighted by Crippen LogP contribution is 2.38. The molecule has 1 amide bonds. The van der Waals surface area contributed by atoms with Crippen LogP contribution in [0.15, 0.2) is 42.6 Å². The van der Waals surface area contributed by atoms with Crippen LogP contribution in [0.5, 0.6) is 23.0 Å². The zero-order valence-corrected chi connectivity index (χ0v) is 18.5. The number of carboxylic acids is 1. The van der Waals surface area contributed by atoms with Crippen molar-refractivity contribution in [3.05, 3.63) is 48.4 Å². The molecule has 9 nitrogen and oxygen atoms in total. The molecule has 2 aromatic carbocycles. The molecule has 1 saturated heterocycles. The minimum absolute atomic E-state index is 0.00552. The average molecular weight is 469 g/mol. The molecule has 0 spiro atoms. The quantitative estimate of drug-likeness (QED) is 0.450. The number of carboxylic acid groups (broad SMARTS) is 1. The first-order chi connectivity index (χ1) is 16.4. The molecule has 0 saturated carbocycles. The Kier molecular flexibility index (Phi) is 7.07. The van der Waals surface area contributed by atoms with Gasteiger partial charge in [-0.2, -0.15) is 0 Å². The minimum Gasteiger partial charge on any atom is -0.493 e. The molecular weight excluding hydrogens is 445 g/mol. The largest absolute Gasteiger partial charge is 0.493 e. The number of pyridine rings is 1. The maximum atomic E-state index is 14.6. The van der Waals surface area contributed by atoms with E-state index in [1.54, 1.807) is 31.5 Å². The maximum Gasteiger partial charge on any atom is 0.394 e. The lowest BCUT2D eigenvalue weighted by molar-refractivity contribution is -0.147. The van der Waals surface area contributed by atoms with Crippen molar-refractivity contribution in [1.29, 1.82) is 0 Å². The number of benzene rings is 2. The van der Waals surface area contributed by atoms with E-state index in [0.717, 1.165) is 32.0 Å². The molecule has 3 aromatic rings. The number of amides is 1. The number of ether oxygens (including phenoxy) is 3. The fourth-order valence-electron chi connectivity index (χ4n) is 3.71. The lowest BCUT2D eigenvalue weighted by atomic mass is 9.99. The van der Waals surface area contributed by atoms with Crippen LogP contribution in [0, 0.1) is 11.7 Å². The van der Waals surface area contributed by atoms with Crippen LogP contribution in [0.2, 0.25) is 0 Å². The van der Waals surface area contributed by atoms with Gasteiger partial charge in [0.25, 0.3) is 0 Å². The van der Waals surface area contributed by atoms with Crippen molar-refractivity contribution in [3.8, 4) is 23.0 Å². The van der Waals surface area contributed by atoms with Gasteiger partial charge in [0.2, 0.25) is 0 Å². The van der Waals surface area contributed by atoms with E-state index in [4.69, 9.17) is 19.3 Å². The van der Waals surface area contributed by atoms with Crippen LogP contribution in [-0.2, 0) is 9.59 Å². The summed E-state index contributed by atoms with van der Waals surface area (Å²) in [5.41, 5.74) is 0.582. The Morgan fingerprint density at radius 3 is 2.62 bits per heavy atom. The first kappa shape index (κ1) is 23.2. The number of anilines is 1. The summed E-state index contributed by atoms with van der Waals surface area (Å²) < 4.78 is 31.9. The second-order valence-electron chi connectivity index (χ2n) is 7.84. The lowest BCUT2D eigenvalue weighted by Gasteiger charge is -2.23. The van der Waals surface area contributed by atoms with Crippen LogP contribution in [0.25, 0.3) is 10.9 Å². The number of carbonyl (C=O) groups is 2. The summed E-state index contributed by atoms with van der Waals surface area (Å²) in [6.45, 7) is 2.54. The van der Waals surface area contributed by atoms with Gasteiger partial charge in [0.1, 0.15) is 5.75 Å². The number of hydrogen-bond donors (Lipinski definition) is 3. The van der Waals surface area contributed by atoms with E-state index >= 15 is 0 Å². The Morgan fingerprint density at radius 2 is 1.91 bits per heavy atom. The summed E-state index contributed by atoms with van der Waals surface area (Å²) in [4.78, 5) is 26.3. The summed E-state index contributed by atoms with van der Waals surface area (Å²) in [5, 5.41) is 14.7. The highest BCUT2D eigenvalue weighted by Gasteiger charge is 2.18. The number of aromatic nitrogens is 1. The summed E-state index contributed by atoms with van der Waals surface area (Å²) in [7, 11) is 1.54. The third-order valence-corrected chi connectivity index (χ3v) is 5.52. The van der Waals surface area contributed by atoms with Crippen LogP contribution >= 0.6 is 0 Å². The number of carbonyl (C=O) groups excluding carboxylic acids is 1. The van der Waals surface area contributed by atoms with Gasteiger partial charge in [0, 0.05) is 29.4 Å². The van der Waals surface area contributed by atoms with Crippen molar-refractivity contribution in [2.24, 2.45) is 5.92 Å². The van der Waals surface area contributed by atoms with Crippen LogP contribution < -0.4 is 24.8 Å². The molecule has 0 aliphatic carbocycles. The zero-order chi connectivity index (χ0) is 24.1. The molecule has 0 unspecified atom stereocenters. The van der Waals surface area contributed by atoms with Crippen molar-refractivity contribution >= 4 is 28.5 Å². The standard InChI is InChI=1S/C24H24FN3O6/c1-32-21-11-16-18(12-22(21)33-13-14-4-7-26-8-5-14)27-9-6-19(16)34-20-3-2-15(10-17(20)25)28-23(29)24(30)31/h2-3,6,9-12,14,26H,4-5,7-8,13H2,1H3,(H,28,29)(H,30,31). The van der Waals surface area contributed by atoms with Crippen LogP contribution in [0.4, 0.5) is 10.1 Å². The van der Waals surface area contributed by atoms with E-state index in [1.807, 2.05) is 0 Å². The fourth-order valence-corrected chi connectivity index (χ4v) is 3.71. The Labute approximate surface area is 194 Å². The molecule has 34 heavy (non-hydrogen) atoms. The van der Waals surface area contributed by atoms with Gasteiger partial charge in [0.05, 0.1) is 19.2 Å². The lowest BCUT2D eigenvalue weighted by Crippen LogP contribution is -2.30. The number of halogens is 1. The van der Waals surface area contributed by atoms with Gasteiger partial charge in [-0.3, -0.25) is 9.78 Å². The molecule has 10 heteroatoms. The number of hydrogen-bond acceptors (Lipinski definition) is 7. The van der Waals surface area contributed by atoms with E-state index in [0.29, 0.717) is 40.7 Å². The predicted octanol–water partition coefficient (Wildman–Crippen LogP) is 3.58. The molecule has 0 radical (unpaired) electrons. The summed E-state index contributed by atoms with van der Waals surface area (Å²) >= 11 is 0. The van der Waals surface area contributed by atoms with Crippen molar-refractivity contribution in [2.45, 2.75) is 12.8 Å². The smallest absolute Gasteiger partial charge is 0.394 e. The van der Waals surface area contributed by atoms with Gasteiger partial charge >= 0.3 is 11.9 Å². The fraction of sp³-hybridized carbons (Fsp3) is 0.292. The number of aliphatic carboxylic acids is 1. The first-order valence-corrected chi connectivity index (χ1v) is 10.8.